The van der Waals surface area contributed by atoms with Gasteiger partial charge in [0.25, 0.3) is 0 Å². The number of unbranched alkanes of at least 4 members (excludes halogenated alkanes) is 1. The molecule has 0 spiro atoms. The maximum Gasteiger partial charge on any atom is 0.135 e. The van der Waals surface area contributed by atoms with Crippen molar-refractivity contribution in [1.82, 2.24) is 0 Å². The summed E-state index contributed by atoms with van der Waals surface area (Å²) in [6.45, 7) is 12.5. The number of benzene rings is 2. The normalized spacial score (nSPS) is 11.9. The van der Waals surface area contributed by atoms with Crippen LogP contribution in [0.5, 0.6) is 0 Å². The molecule has 0 N–H and O–H groups in total. The lowest BCUT2D eigenvalue weighted by Gasteiger charge is -2.08. The van der Waals surface area contributed by atoms with Gasteiger partial charge in [0, 0.05) is 0 Å². The van der Waals surface area contributed by atoms with Crippen molar-refractivity contribution in [3.05, 3.63) is 58.7 Å². The first-order chi connectivity index (χ1) is 12.9. The Labute approximate surface area is 164 Å². The van der Waals surface area contributed by atoms with Crippen LogP contribution < -0.4 is 0 Å². The van der Waals surface area contributed by atoms with Gasteiger partial charge in [0.15, 0.2) is 0 Å². The van der Waals surface area contributed by atoms with E-state index >= 15 is 0 Å². The van der Waals surface area contributed by atoms with Gasteiger partial charge in [-0.2, -0.15) is 0 Å². The Kier molecular flexibility index (Phi) is 7.55. The Balaban J connectivity index is 2.56. The Bertz CT molecular complexity index is 881. The summed E-state index contributed by atoms with van der Waals surface area (Å²) < 4.78 is 0. The number of aryl methyl sites for hydroxylation is 4. The van der Waals surface area contributed by atoms with Crippen molar-refractivity contribution in [1.29, 1.82) is 0 Å². The third-order valence-electron chi connectivity index (χ3n) is 4.20. The summed E-state index contributed by atoms with van der Waals surface area (Å²) >= 11 is 0. The van der Waals surface area contributed by atoms with Crippen molar-refractivity contribution in [2.45, 2.75) is 60.8 Å². The molecular formula is C25H30N2. The fraction of sp³-hybridized carbons (Fsp3) is 0.360. The van der Waals surface area contributed by atoms with E-state index in [1.807, 2.05) is 6.92 Å². The topological polar surface area (TPSA) is 24.7 Å². The van der Waals surface area contributed by atoms with Gasteiger partial charge < -0.3 is 0 Å². The molecule has 2 aromatic carbocycles. The molecule has 0 heterocycles. The largest absolute Gasteiger partial charge is 0.250 e. The molecule has 2 heteroatoms. The maximum absolute atomic E-state index is 4.96. The van der Waals surface area contributed by atoms with Crippen molar-refractivity contribution in [2.75, 3.05) is 0 Å². The van der Waals surface area contributed by atoms with Crippen LogP contribution in [0.15, 0.2) is 46.4 Å². The second kappa shape index (κ2) is 9.88. The van der Waals surface area contributed by atoms with Crippen LogP contribution in [0.3, 0.4) is 0 Å². The molecule has 0 radical (unpaired) electrons. The first-order valence-electron chi connectivity index (χ1n) is 9.67. The number of nitrogens with zero attached hydrogens (tertiary/aromatic N) is 2. The molecule has 0 aliphatic heterocycles. The highest BCUT2D eigenvalue weighted by Crippen LogP contribution is 2.21. The number of hydrogen-bond donors (Lipinski definition) is 0. The SMILES string of the molecule is CC#CC(=Nc1cc(C)cc(C)c1)C(CCCC)=Nc1cc(C)cc(C)c1. The van der Waals surface area contributed by atoms with E-state index in [4.69, 9.17) is 9.98 Å². The van der Waals surface area contributed by atoms with E-state index in [1.165, 1.54) is 22.3 Å². The van der Waals surface area contributed by atoms with Crippen LogP contribution in [-0.4, -0.2) is 11.4 Å². The maximum atomic E-state index is 4.96. The lowest BCUT2D eigenvalue weighted by atomic mass is 10.1. The molecule has 0 bridgehead atoms. The summed E-state index contributed by atoms with van der Waals surface area (Å²) in [5.41, 5.74) is 8.51. The quantitative estimate of drug-likeness (QED) is 0.393. The van der Waals surface area contributed by atoms with Crippen molar-refractivity contribution >= 4 is 22.8 Å². The van der Waals surface area contributed by atoms with Crippen molar-refractivity contribution in [3.63, 3.8) is 0 Å². The molecular weight excluding hydrogens is 328 g/mol. The Hall–Kier alpha value is -2.66. The van der Waals surface area contributed by atoms with Crippen LogP contribution in [0.1, 0.15) is 55.4 Å². The van der Waals surface area contributed by atoms with Gasteiger partial charge in [0.1, 0.15) is 5.71 Å². The van der Waals surface area contributed by atoms with Gasteiger partial charge in [-0.05, 0) is 99.9 Å². The number of aliphatic imine (C=N–C) groups is 2. The van der Waals surface area contributed by atoms with Gasteiger partial charge in [-0.1, -0.05) is 31.4 Å². The Morgan fingerprint density at radius 1 is 0.778 bits per heavy atom. The molecule has 2 nitrogen and oxygen atoms in total. The lowest BCUT2D eigenvalue weighted by molar-refractivity contribution is 0.838. The van der Waals surface area contributed by atoms with Crippen LogP contribution in [0.25, 0.3) is 0 Å². The predicted molar refractivity (Wildman–Crippen MR) is 119 cm³/mol. The summed E-state index contributed by atoms with van der Waals surface area (Å²) in [6.07, 6.45) is 3.06. The highest BCUT2D eigenvalue weighted by molar-refractivity contribution is 6.49. The third-order valence-corrected chi connectivity index (χ3v) is 4.20. The molecule has 0 aliphatic carbocycles. The van der Waals surface area contributed by atoms with Crippen LogP contribution in [0, 0.1) is 39.5 Å². The third kappa shape index (κ3) is 6.53. The van der Waals surface area contributed by atoms with Crippen LogP contribution in [0.2, 0.25) is 0 Å². The van der Waals surface area contributed by atoms with E-state index in [-0.39, 0.29) is 0 Å². The minimum Gasteiger partial charge on any atom is -0.250 e. The highest BCUT2D eigenvalue weighted by Gasteiger charge is 2.09. The van der Waals surface area contributed by atoms with Gasteiger partial charge >= 0.3 is 0 Å². The molecule has 2 aromatic rings. The summed E-state index contributed by atoms with van der Waals surface area (Å²) in [5, 5.41) is 0. The predicted octanol–water partition coefficient (Wildman–Crippen LogP) is 6.98. The van der Waals surface area contributed by atoms with Gasteiger partial charge in [0.2, 0.25) is 0 Å². The van der Waals surface area contributed by atoms with Crippen LogP contribution in [-0.2, 0) is 0 Å². The zero-order valence-corrected chi connectivity index (χ0v) is 17.5. The van der Waals surface area contributed by atoms with Crippen molar-refractivity contribution in [3.8, 4) is 11.8 Å². The van der Waals surface area contributed by atoms with E-state index in [9.17, 15) is 0 Å². The molecule has 140 valence electrons. The first kappa shape index (κ1) is 20.6. The Morgan fingerprint density at radius 2 is 1.26 bits per heavy atom. The average molecular weight is 359 g/mol. The molecule has 0 saturated carbocycles. The van der Waals surface area contributed by atoms with Gasteiger partial charge in [0.05, 0.1) is 17.1 Å². The van der Waals surface area contributed by atoms with Crippen LogP contribution in [0.4, 0.5) is 11.4 Å². The van der Waals surface area contributed by atoms with E-state index in [0.717, 1.165) is 42.1 Å². The molecule has 0 atom stereocenters. The van der Waals surface area contributed by atoms with Gasteiger partial charge in [-0.25, -0.2) is 4.99 Å². The molecule has 27 heavy (non-hydrogen) atoms. The standard InChI is InChI=1S/C25H30N2/c1-7-9-11-25(27-23-16-20(5)13-21(6)17-23)24(10-8-2)26-22-14-18(3)12-19(4)15-22/h12-17H,7,9,11H2,1-6H3. The van der Waals surface area contributed by atoms with E-state index in [0.29, 0.717) is 0 Å². The molecule has 0 amide bonds. The average Bonchev–Trinajstić information content (AvgIpc) is 2.56. The highest BCUT2D eigenvalue weighted by atomic mass is 14.8. The second-order valence-corrected chi connectivity index (χ2v) is 7.19. The number of rotatable bonds is 6. The van der Waals surface area contributed by atoms with Gasteiger partial charge in [-0.3, -0.25) is 4.99 Å². The molecule has 0 saturated heterocycles. The molecule has 2 rings (SSSR count). The zero-order valence-electron chi connectivity index (χ0n) is 17.5. The molecule has 0 unspecified atom stereocenters. The summed E-state index contributed by atoms with van der Waals surface area (Å²) in [7, 11) is 0. The molecule has 0 fully saturated rings. The van der Waals surface area contributed by atoms with E-state index in [1.54, 1.807) is 0 Å². The summed E-state index contributed by atoms with van der Waals surface area (Å²) in [5.74, 6) is 6.22. The van der Waals surface area contributed by atoms with E-state index < -0.39 is 0 Å². The summed E-state index contributed by atoms with van der Waals surface area (Å²) in [6, 6.07) is 12.8. The fourth-order valence-corrected chi connectivity index (χ4v) is 3.17. The first-order valence-corrected chi connectivity index (χ1v) is 9.67. The monoisotopic (exact) mass is 358 g/mol. The minimum atomic E-state index is 0.773. The minimum absolute atomic E-state index is 0.773. The Morgan fingerprint density at radius 3 is 1.70 bits per heavy atom. The smallest absolute Gasteiger partial charge is 0.135 e. The lowest BCUT2D eigenvalue weighted by Crippen LogP contribution is -2.12. The zero-order chi connectivity index (χ0) is 19.8. The molecule has 0 aliphatic rings. The van der Waals surface area contributed by atoms with E-state index in [2.05, 4.69) is 82.9 Å². The number of hydrogen-bond acceptors (Lipinski definition) is 2. The second-order valence-electron chi connectivity index (χ2n) is 7.19. The fourth-order valence-electron chi connectivity index (χ4n) is 3.17. The molecule has 0 aromatic heterocycles. The van der Waals surface area contributed by atoms with Crippen LogP contribution >= 0.6 is 0 Å². The van der Waals surface area contributed by atoms with Crippen molar-refractivity contribution in [2.24, 2.45) is 9.98 Å². The van der Waals surface area contributed by atoms with Crippen molar-refractivity contribution < 1.29 is 0 Å². The summed E-state index contributed by atoms with van der Waals surface area (Å²) in [4.78, 5) is 9.84. The van der Waals surface area contributed by atoms with Gasteiger partial charge in [-0.15, -0.1) is 0 Å².